The molecule has 24 heavy (non-hydrogen) atoms. The second-order valence-corrected chi connectivity index (χ2v) is 6.64. The molecule has 6 nitrogen and oxygen atoms in total. The molecular formula is C17H17ClN2O4. The molecule has 126 valence electrons. The molecule has 0 saturated carbocycles. The summed E-state index contributed by atoms with van der Waals surface area (Å²) in [4.78, 5) is 22.5. The van der Waals surface area contributed by atoms with Crippen LogP contribution in [0.3, 0.4) is 0 Å². The fourth-order valence-corrected chi connectivity index (χ4v) is 2.10. The molecule has 0 heterocycles. The van der Waals surface area contributed by atoms with Crippen molar-refractivity contribution in [2.75, 3.05) is 0 Å². The maximum absolute atomic E-state index is 12.1. The van der Waals surface area contributed by atoms with Crippen molar-refractivity contribution < 1.29 is 14.5 Å². The van der Waals surface area contributed by atoms with Gasteiger partial charge in [-0.15, -0.1) is 0 Å². The van der Waals surface area contributed by atoms with E-state index in [9.17, 15) is 14.9 Å². The lowest BCUT2D eigenvalue weighted by Gasteiger charge is -2.20. The first-order valence-corrected chi connectivity index (χ1v) is 7.58. The molecule has 0 spiro atoms. The van der Waals surface area contributed by atoms with E-state index in [1.54, 1.807) is 24.3 Å². The van der Waals surface area contributed by atoms with Crippen LogP contribution in [0.5, 0.6) is 11.5 Å². The van der Waals surface area contributed by atoms with Gasteiger partial charge in [-0.05, 0) is 57.2 Å². The van der Waals surface area contributed by atoms with Crippen LogP contribution in [0.15, 0.2) is 42.5 Å². The Morgan fingerprint density at radius 2 is 1.79 bits per heavy atom. The smallest absolute Gasteiger partial charge is 0.313 e. The maximum Gasteiger partial charge on any atom is 0.313 e. The molecule has 0 aliphatic heterocycles. The second kappa shape index (κ2) is 6.88. The highest BCUT2D eigenvalue weighted by Crippen LogP contribution is 2.33. The summed E-state index contributed by atoms with van der Waals surface area (Å²) in [6, 6.07) is 10.5. The number of carbonyl (C=O) groups excluding carboxylic acids is 1. The molecular weight excluding hydrogens is 332 g/mol. The van der Waals surface area contributed by atoms with Gasteiger partial charge in [0, 0.05) is 22.2 Å². The van der Waals surface area contributed by atoms with Crippen molar-refractivity contribution in [1.29, 1.82) is 0 Å². The van der Waals surface area contributed by atoms with Crippen molar-refractivity contribution in [2.24, 2.45) is 0 Å². The summed E-state index contributed by atoms with van der Waals surface area (Å²) in [5.74, 6) is 0.260. The zero-order chi connectivity index (χ0) is 17.9. The zero-order valence-corrected chi connectivity index (χ0v) is 14.3. The minimum absolute atomic E-state index is 0.0799. The largest absolute Gasteiger partial charge is 0.450 e. The molecule has 0 fully saturated rings. The second-order valence-electron chi connectivity index (χ2n) is 6.20. The van der Waals surface area contributed by atoms with Crippen molar-refractivity contribution in [3.8, 4) is 11.5 Å². The number of nitro groups is 1. The summed E-state index contributed by atoms with van der Waals surface area (Å²) in [7, 11) is 0. The summed E-state index contributed by atoms with van der Waals surface area (Å²) in [6.45, 7) is 5.67. The zero-order valence-electron chi connectivity index (χ0n) is 13.5. The van der Waals surface area contributed by atoms with E-state index >= 15 is 0 Å². The average molecular weight is 349 g/mol. The van der Waals surface area contributed by atoms with Crippen LogP contribution in [0.25, 0.3) is 0 Å². The number of nitro benzene ring substituents is 1. The van der Waals surface area contributed by atoms with Gasteiger partial charge in [-0.1, -0.05) is 11.6 Å². The van der Waals surface area contributed by atoms with Crippen LogP contribution in [-0.2, 0) is 0 Å². The summed E-state index contributed by atoms with van der Waals surface area (Å²) in [5.41, 5.74) is -0.0872. The number of benzene rings is 2. The van der Waals surface area contributed by atoms with Gasteiger partial charge < -0.3 is 10.1 Å². The van der Waals surface area contributed by atoms with Gasteiger partial charge in [0.2, 0.25) is 5.75 Å². The molecule has 0 atom stereocenters. The van der Waals surface area contributed by atoms with Crippen LogP contribution in [0.1, 0.15) is 31.1 Å². The molecule has 0 bridgehead atoms. The molecule has 0 unspecified atom stereocenters. The number of nitrogens with one attached hydrogen (secondary N) is 1. The van der Waals surface area contributed by atoms with Crippen molar-refractivity contribution in [3.05, 3.63) is 63.2 Å². The van der Waals surface area contributed by atoms with E-state index in [4.69, 9.17) is 16.3 Å². The van der Waals surface area contributed by atoms with E-state index in [0.29, 0.717) is 11.3 Å². The van der Waals surface area contributed by atoms with E-state index in [0.717, 1.165) is 0 Å². The Balaban J connectivity index is 2.18. The first-order valence-electron chi connectivity index (χ1n) is 7.20. The Labute approximate surface area is 144 Å². The summed E-state index contributed by atoms with van der Waals surface area (Å²) in [6.07, 6.45) is 0. The van der Waals surface area contributed by atoms with Crippen molar-refractivity contribution in [3.63, 3.8) is 0 Å². The predicted molar refractivity (Wildman–Crippen MR) is 91.8 cm³/mol. The highest BCUT2D eigenvalue weighted by Gasteiger charge is 2.18. The number of carbonyl (C=O) groups is 1. The Bertz CT molecular complexity index is 767. The number of amides is 1. The SMILES string of the molecule is CC(C)(C)NC(=O)c1ccc(Oc2ccc(Cl)cc2[N+](=O)[O-])cc1. The molecule has 0 saturated heterocycles. The molecule has 0 aliphatic carbocycles. The predicted octanol–water partition coefficient (Wildman–Crippen LogP) is 4.57. The number of ether oxygens (including phenoxy) is 1. The monoisotopic (exact) mass is 348 g/mol. The number of nitrogens with zero attached hydrogens (tertiary/aromatic N) is 1. The van der Waals surface area contributed by atoms with Gasteiger partial charge in [0.25, 0.3) is 5.91 Å². The van der Waals surface area contributed by atoms with Gasteiger partial charge in [-0.25, -0.2) is 0 Å². The van der Waals surface area contributed by atoms with Gasteiger partial charge in [0.15, 0.2) is 0 Å². The number of rotatable bonds is 4. The molecule has 1 amide bonds. The van der Waals surface area contributed by atoms with E-state index in [2.05, 4.69) is 5.32 Å². The standard InChI is InChI=1S/C17H17ClN2O4/c1-17(2,3)19-16(21)11-4-7-13(8-5-11)24-15-9-6-12(18)10-14(15)20(22)23/h4-10H,1-3H3,(H,19,21). The van der Waals surface area contributed by atoms with Crippen LogP contribution in [0, 0.1) is 10.1 Å². The quantitative estimate of drug-likeness (QED) is 0.648. The molecule has 0 radical (unpaired) electrons. The summed E-state index contributed by atoms with van der Waals surface area (Å²) in [5, 5.41) is 14.2. The normalized spacial score (nSPS) is 11.0. The van der Waals surface area contributed by atoms with Crippen LogP contribution >= 0.6 is 11.6 Å². The first-order chi connectivity index (χ1) is 11.2. The molecule has 0 aromatic heterocycles. The van der Waals surface area contributed by atoms with Crippen molar-refractivity contribution in [1.82, 2.24) is 5.32 Å². The highest BCUT2D eigenvalue weighted by molar-refractivity contribution is 6.30. The van der Waals surface area contributed by atoms with Gasteiger partial charge in [0.1, 0.15) is 5.75 Å². The maximum atomic E-state index is 12.1. The van der Waals surface area contributed by atoms with Crippen LogP contribution in [-0.4, -0.2) is 16.4 Å². The third-order valence-corrected chi connectivity index (χ3v) is 3.19. The number of hydrogen-bond donors (Lipinski definition) is 1. The molecule has 2 aromatic carbocycles. The number of halogens is 1. The van der Waals surface area contributed by atoms with Crippen LogP contribution in [0.2, 0.25) is 5.02 Å². The van der Waals surface area contributed by atoms with E-state index in [-0.39, 0.29) is 27.9 Å². The Kier molecular flexibility index (Phi) is 5.09. The third-order valence-electron chi connectivity index (χ3n) is 2.95. The van der Waals surface area contributed by atoms with Crippen LogP contribution in [0.4, 0.5) is 5.69 Å². The lowest BCUT2D eigenvalue weighted by atomic mass is 10.1. The highest BCUT2D eigenvalue weighted by atomic mass is 35.5. The van der Waals surface area contributed by atoms with Crippen molar-refractivity contribution >= 4 is 23.2 Å². The molecule has 0 aliphatic rings. The average Bonchev–Trinajstić information content (AvgIpc) is 2.48. The van der Waals surface area contributed by atoms with Gasteiger partial charge in [-0.3, -0.25) is 14.9 Å². The fourth-order valence-electron chi connectivity index (χ4n) is 1.93. The molecule has 2 aromatic rings. The molecule has 1 N–H and O–H groups in total. The Morgan fingerprint density at radius 1 is 1.17 bits per heavy atom. The summed E-state index contributed by atoms with van der Waals surface area (Å²) < 4.78 is 5.53. The van der Waals surface area contributed by atoms with E-state index in [1.165, 1.54) is 18.2 Å². The lowest BCUT2D eigenvalue weighted by Crippen LogP contribution is -2.40. The van der Waals surface area contributed by atoms with Crippen molar-refractivity contribution in [2.45, 2.75) is 26.3 Å². The topological polar surface area (TPSA) is 81.5 Å². The first kappa shape index (κ1) is 17.7. The number of hydrogen-bond acceptors (Lipinski definition) is 4. The summed E-state index contributed by atoms with van der Waals surface area (Å²) >= 11 is 5.77. The Morgan fingerprint density at radius 3 is 2.33 bits per heavy atom. The molecule has 7 heteroatoms. The van der Waals surface area contributed by atoms with Crippen LogP contribution < -0.4 is 10.1 Å². The minimum Gasteiger partial charge on any atom is -0.450 e. The van der Waals surface area contributed by atoms with Gasteiger partial charge in [-0.2, -0.15) is 0 Å². The van der Waals surface area contributed by atoms with Gasteiger partial charge in [0.05, 0.1) is 4.92 Å². The minimum atomic E-state index is -0.563. The van der Waals surface area contributed by atoms with E-state index in [1.807, 2.05) is 20.8 Å². The van der Waals surface area contributed by atoms with E-state index < -0.39 is 4.92 Å². The molecule has 2 rings (SSSR count). The third kappa shape index (κ3) is 4.70. The fraction of sp³-hybridized carbons (Fsp3) is 0.235. The van der Waals surface area contributed by atoms with Gasteiger partial charge >= 0.3 is 5.69 Å². The lowest BCUT2D eigenvalue weighted by molar-refractivity contribution is -0.385. The Hall–Kier alpha value is -2.60.